The standard InChI is InChI=1S/C33H50N4O8/c1-21(2)23(5)33(44)45-20-24-10-12-25(13-11-24)34-19-26(14-17-30(41)42)35-32(43)31(22(3)4)36-27(38)9-7-6-8-18-37-28(39)15-16-29(37)40/h10-13,15-16,21-23,26,30-31,34,41-42H,6-9,14,17-20H2,1-5H3,(H,35,43)(H,36,38)/t23?,26-,31-/m0/s1. The summed E-state index contributed by atoms with van der Waals surface area (Å²) in [4.78, 5) is 62.4. The van der Waals surface area contributed by atoms with E-state index in [0.29, 0.717) is 32.4 Å². The van der Waals surface area contributed by atoms with Gasteiger partial charge in [0.25, 0.3) is 11.8 Å². The average Bonchev–Trinajstić information content (AvgIpc) is 3.31. The minimum atomic E-state index is -1.52. The number of amides is 4. The number of aliphatic hydroxyl groups is 2. The van der Waals surface area contributed by atoms with Gasteiger partial charge in [0.15, 0.2) is 6.29 Å². The Bertz CT molecular complexity index is 1150. The van der Waals surface area contributed by atoms with Crippen molar-refractivity contribution in [1.82, 2.24) is 15.5 Å². The number of esters is 1. The summed E-state index contributed by atoms with van der Waals surface area (Å²) in [6, 6.07) is 6.11. The predicted octanol–water partition coefficient (Wildman–Crippen LogP) is 2.64. The number of unbranched alkanes of at least 4 members (excludes halogenated alkanes) is 2. The molecule has 12 nitrogen and oxygen atoms in total. The molecule has 0 bridgehead atoms. The van der Waals surface area contributed by atoms with Crippen LogP contribution >= 0.6 is 0 Å². The minimum absolute atomic E-state index is 0.0507. The highest BCUT2D eigenvalue weighted by Gasteiger charge is 2.27. The SMILES string of the molecule is CC(C)C(C)C(=O)OCc1ccc(NC[C@H](CCC(O)O)NC(=O)[C@@H](NC(=O)CCCCCN2C(=O)C=CC2=O)C(C)C)cc1. The summed E-state index contributed by atoms with van der Waals surface area (Å²) in [5.41, 5.74) is 1.61. The van der Waals surface area contributed by atoms with E-state index in [2.05, 4.69) is 16.0 Å². The van der Waals surface area contributed by atoms with Gasteiger partial charge in [-0.25, -0.2) is 0 Å². The average molecular weight is 631 g/mol. The summed E-state index contributed by atoms with van der Waals surface area (Å²) in [6.07, 6.45) is 3.27. The third-order valence-corrected chi connectivity index (χ3v) is 7.83. The lowest BCUT2D eigenvalue weighted by atomic mass is 9.99. The second-order valence-corrected chi connectivity index (χ2v) is 12.2. The number of benzene rings is 1. The van der Waals surface area contributed by atoms with Gasteiger partial charge >= 0.3 is 5.97 Å². The molecule has 12 heteroatoms. The Morgan fingerprint density at radius 3 is 2.07 bits per heavy atom. The molecule has 1 aliphatic rings. The Morgan fingerprint density at radius 2 is 1.49 bits per heavy atom. The van der Waals surface area contributed by atoms with E-state index in [9.17, 15) is 34.2 Å². The number of carbonyl (C=O) groups is 5. The molecule has 5 N–H and O–H groups in total. The molecule has 250 valence electrons. The van der Waals surface area contributed by atoms with Gasteiger partial charge in [-0.15, -0.1) is 0 Å². The number of nitrogens with one attached hydrogen (secondary N) is 3. The van der Waals surface area contributed by atoms with Crippen LogP contribution in [0.15, 0.2) is 36.4 Å². The number of anilines is 1. The smallest absolute Gasteiger partial charge is 0.309 e. The molecule has 4 amide bonds. The Kier molecular flexibility index (Phi) is 15.7. The zero-order valence-corrected chi connectivity index (χ0v) is 27.1. The van der Waals surface area contributed by atoms with Gasteiger partial charge in [0.2, 0.25) is 11.8 Å². The van der Waals surface area contributed by atoms with E-state index in [1.54, 1.807) is 0 Å². The van der Waals surface area contributed by atoms with Crippen molar-refractivity contribution in [3.8, 4) is 0 Å². The second-order valence-electron chi connectivity index (χ2n) is 12.2. The molecule has 1 aliphatic heterocycles. The molecule has 1 heterocycles. The molecule has 0 radical (unpaired) electrons. The first kappa shape index (κ1) is 37.4. The van der Waals surface area contributed by atoms with Crippen LogP contribution in [0, 0.1) is 17.8 Å². The van der Waals surface area contributed by atoms with Crippen molar-refractivity contribution in [2.75, 3.05) is 18.4 Å². The zero-order valence-electron chi connectivity index (χ0n) is 27.1. The van der Waals surface area contributed by atoms with Gasteiger partial charge < -0.3 is 30.9 Å². The quantitative estimate of drug-likeness (QED) is 0.0628. The molecule has 0 aliphatic carbocycles. The molecule has 1 unspecified atom stereocenters. The second kappa shape index (κ2) is 18.9. The van der Waals surface area contributed by atoms with Gasteiger partial charge in [-0.05, 0) is 55.2 Å². The summed E-state index contributed by atoms with van der Waals surface area (Å²) >= 11 is 0. The topological polar surface area (TPSA) is 174 Å². The Hall–Kier alpha value is -3.77. The van der Waals surface area contributed by atoms with Crippen LogP contribution in [0.4, 0.5) is 5.69 Å². The number of rotatable bonds is 20. The lowest BCUT2D eigenvalue weighted by Crippen LogP contribution is -2.53. The first-order chi connectivity index (χ1) is 21.3. The van der Waals surface area contributed by atoms with Crippen molar-refractivity contribution in [2.24, 2.45) is 17.8 Å². The maximum atomic E-state index is 13.2. The summed E-state index contributed by atoms with van der Waals surface area (Å²) in [5, 5.41) is 27.8. The molecular formula is C33H50N4O8. The number of carbonyl (C=O) groups excluding carboxylic acids is 5. The first-order valence-corrected chi connectivity index (χ1v) is 15.8. The Morgan fingerprint density at radius 1 is 0.844 bits per heavy atom. The van der Waals surface area contributed by atoms with E-state index in [1.165, 1.54) is 17.1 Å². The molecule has 0 aromatic heterocycles. The fourth-order valence-electron chi connectivity index (χ4n) is 4.55. The van der Waals surface area contributed by atoms with Gasteiger partial charge in [-0.2, -0.15) is 0 Å². The predicted molar refractivity (Wildman–Crippen MR) is 169 cm³/mol. The van der Waals surface area contributed by atoms with Crippen LogP contribution in [0.2, 0.25) is 0 Å². The van der Waals surface area contributed by atoms with Crippen LogP contribution in [0.25, 0.3) is 0 Å². The van der Waals surface area contributed by atoms with Crippen molar-refractivity contribution in [2.45, 2.75) is 98.1 Å². The fourth-order valence-corrected chi connectivity index (χ4v) is 4.55. The monoisotopic (exact) mass is 630 g/mol. The fraction of sp³-hybridized carbons (Fsp3) is 0.606. The Balaban J connectivity index is 1.85. The summed E-state index contributed by atoms with van der Waals surface area (Å²) in [5.74, 6) is -1.72. The molecule has 0 spiro atoms. The summed E-state index contributed by atoms with van der Waals surface area (Å²) < 4.78 is 5.40. The number of aliphatic hydroxyl groups excluding tert-OH is 1. The number of nitrogens with zero attached hydrogens (tertiary/aromatic N) is 1. The van der Waals surface area contributed by atoms with Gasteiger partial charge in [0, 0.05) is 43.4 Å². The number of hydrogen-bond donors (Lipinski definition) is 5. The normalized spacial score (nSPS) is 15.0. The Labute approximate surface area is 266 Å². The lowest BCUT2D eigenvalue weighted by Gasteiger charge is -2.26. The van der Waals surface area contributed by atoms with Gasteiger partial charge in [0.05, 0.1) is 5.92 Å². The van der Waals surface area contributed by atoms with Crippen LogP contribution in [0.5, 0.6) is 0 Å². The molecule has 0 saturated carbocycles. The third-order valence-electron chi connectivity index (χ3n) is 7.83. The first-order valence-electron chi connectivity index (χ1n) is 15.8. The molecule has 1 aromatic carbocycles. The molecule has 0 saturated heterocycles. The zero-order chi connectivity index (χ0) is 33.5. The van der Waals surface area contributed by atoms with E-state index >= 15 is 0 Å². The number of hydrogen-bond acceptors (Lipinski definition) is 9. The molecule has 45 heavy (non-hydrogen) atoms. The molecule has 0 fully saturated rings. The minimum Gasteiger partial charge on any atom is -0.461 e. The summed E-state index contributed by atoms with van der Waals surface area (Å²) in [6.45, 7) is 10.2. The third kappa shape index (κ3) is 13.4. The van der Waals surface area contributed by atoms with E-state index in [1.807, 2.05) is 58.9 Å². The van der Waals surface area contributed by atoms with Gasteiger partial charge in [-0.3, -0.25) is 28.9 Å². The molecular weight excluding hydrogens is 580 g/mol. The van der Waals surface area contributed by atoms with Crippen molar-refractivity contribution >= 4 is 35.3 Å². The van der Waals surface area contributed by atoms with Crippen LogP contribution in [-0.4, -0.2) is 76.2 Å². The highest BCUT2D eigenvalue weighted by atomic mass is 16.5. The van der Waals surface area contributed by atoms with Gasteiger partial charge in [-0.1, -0.05) is 53.2 Å². The summed E-state index contributed by atoms with van der Waals surface area (Å²) in [7, 11) is 0. The molecule has 3 atom stereocenters. The molecule has 2 rings (SSSR count). The maximum absolute atomic E-state index is 13.2. The number of imide groups is 1. The van der Waals surface area contributed by atoms with E-state index < -0.39 is 18.4 Å². The highest BCUT2D eigenvalue weighted by Crippen LogP contribution is 2.16. The number of ether oxygens (including phenoxy) is 1. The lowest BCUT2D eigenvalue weighted by molar-refractivity contribution is -0.150. The van der Waals surface area contributed by atoms with Crippen molar-refractivity contribution in [3.63, 3.8) is 0 Å². The molecule has 1 aromatic rings. The van der Waals surface area contributed by atoms with E-state index in [-0.39, 0.29) is 73.2 Å². The van der Waals surface area contributed by atoms with Gasteiger partial charge in [0.1, 0.15) is 12.6 Å². The highest BCUT2D eigenvalue weighted by molar-refractivity contribution is 6.12. The maximum Gasteiger partial charge on any atom is 0.309 e. The van der Waals surface area contributed by atoms with E-state index in [0.717, 1.165) is 11.3 Å². The van der Waals surface area contributed by atoms with E-state index in [4.69, 9.17) is 4.74 Å². The van der Waals surface area contributed by atoms with Crippen molar-refractivity contribution in [1.29, 1.82) is 0 Å². The van der Waals surface area contributed by atoms with Crippen LogP contribution < -0.4 is 16.0 Å². The van der Waals surface area contributed by atoms with Crippen LogP contribution in [0.1, 0.15) is 78.7 Å². The van der Waals surface area contributed by atoms with Crippen LogP contribution in [-0.2, 0) is 35.3 Å². The van der Waals surface area contributed by atoms with Crippen molar-refractivity contribution < 1.29 is 38.9 Å². The largest absolute Gasteiger partial charge is 0.461 e. The van der Waals surface area contributed by atoms with Crippen molar-refractivity contribution in [3.05, 3.63) is 42.0 Å². The van der Waals surface area contributed by atoms with Crippen LogP contribution in [0.3, 0.4) is 0 Å².